The van der Waals surface area contributed by atoms with Gasteiger partial charge in [-0.3, -0.25) is 0 Å². The van der Waals surface area contributed by atoms with Crippen LogP contribution in [-0.4, -0.2) is 37.5 Å². The fraction of sp³-hybridized carbons (Fsp3) is 0. The van der Waals surface area contributed by atoms with Gasteiger partial charge in [0.2, 0.25) is 0 Å². The van der Waals surface area contributed by atoms with Crippen LogP contribution in [0.2, 0.25) is 0 Å². The van der Waals surface area contributed by atoms with Crippen LogP contribution in [0.25, 0.3) is 0 Å². The molecule has 0 aromatic heterocycles. The van der Waals surface area contributed by atoms with Crippen LogP contribution in [0.5, 0.6) is 0 Å². The summed E-state index contributed by atoms with van der Waals surface area (Å²) in [6.45, 7) is 0. The molecule has 0 rings (SSSR count). The maximum Gasteiger partial charge on any atom is 0.0777 e. The van der Waals surface area contributed by atoms with Crippen molar-refractivity contribution in [3.63, 3.8) is 0 Å². The van der Waals surface area contributed by atoms with Crippen molar-refractivity contribution in [2.24, 2.45) is 0 Å². The molecule has 10 nitrogen and oxygen atoms in total. The molecule has 0 atom stereocenters. The third-order valence-electron chi connectivity index (χ3n) is 0. The SMILES string of the molecule is O.O.O.O.O.O.[Cd].[O-][Cl+3]([O-])([O-])O. The van der Waals surface area contributed by atoms with Gasteiger partial charge >= 0.3 is 0 Å². The quantitative estimate of drug-likeness (QED) is 0.425. The van der Waals surface area contributed by atoms with E-state index in [0.29, 0.717) is 0 Å². The Morgan fingerprint density at radius 2 is 0.667 bits per heavy atom. The van der Waals surface area contributed by atoms with E-state index in [9.17, 15) is 0 Å². The predicted molar refractivity (Wildman–Crippen MR) is 23.9 cm³/mol. The Morgan fingerprint density at radius 1 is 0.667 bits per heavy atom. The number of hydrogen-bond acceptors (Lipinski definition) is 4. The molecule has 12 heteroatoms. The van der Waals surface area contributed by atoms with E-state index in [2.05, 4.69) is 0 Å². The number of rotatable bonds is 0. The topological polar surface area (TPSA) is 278 Å². The monoisotopic (exact) mass is 322 g/mol. The minimum Gasteiger partial charge on any atom is -0.412 e. The minimum absolute atomic E-state index is 0. The van der Waals surface area contributed by atoms with E-state index in [1.54, 1.807) is 0 Å². The van der Waals surface area contributed by atoms with Crippen LogP contribution in [0.3, 0.4) is 0 Å². The van der Waals surface area contributed by atoms with Crippen molar-refractivity contribution < 1.29 is 89.0 Å². The van der Waals surface area contributed by atoms with Gasteiger partial charge in [-0.2, -0.15) is 14.0 Å². The summed E-state index contributed by atoms with van der Waals surface area (Å²) in [7, 11) is -4.69. The van der Waals surface area contributed by atoms with Crippen molar-refractivity contribution in [3.05, 3.63) is 0 Å². The average molecular weight is 321 g/mol. The second-order valence-electron chi connectivity index (χ2n) is 0.396. The van der Waals surface area contributed by atoms with Gasteiger partial charge in [0, 0.05) is 27.3 Å². The van der Waals surface area contributed by atoms with E-state index < -0.39 is 10.2 Å². The van der Waals surface area contributed by atoms with Crippen LogP contribution in [0, 0.1) is 10.2 Å². The van der Waals surface area contributed by atoms with Crippen LogP contribution in [-0.2, 0) is 27.3 Å². The van der Waals surface area contributed by atoms with E-state index in [1.165, 1.54) is 0 Å². The van der Waals surface area contributed by atoms with Crippen molar-refractivity contribution in [1.82, 2.24) is 0 Å². The molecule has 0 aromatic rings. The first-order chi connectivity index (χ1) is 2.00. The van der Waals surface area contributed by atoms with E-state index in [4.69, 9.17) is 18.6 Å². The van der Waals surface area contributed by atoms with Crippen molar-refractivity contribution in [3.8, 4) is 0 Å². The summed E-state index contributed by atoms with van der Waals surface area (Å²) in [5, 5.41) is 0. The van der Waals surface area contributed by atoms with Crippen molar-refractivity contribution >= 4 is 0 Å². The van der Waals surface area contributed by atoms with Gasteiger partial charge in [-0.25, -0.2) is 0 Å². The zero-order chi connectivity index (χ0) is 4.50. The Hall–Kier alpha value is 0.812. The molecular formula is H13CdClO10. The van der Waals surface area contributed by atoms with Gasteiger partial charge in [-0.15, -0.1) is 0 Å². The molecule has 0 radical (unpaired) electrons. The van der Waals surface area contributed by atoms with Gasteiger partial charge in [0.15, 0.2) is 0 Å². The summed E-state index contributed by atoms with van der Waals surface area (Å²) >= 11 is 0. The van der Waals surface area contributed by atoms with Crippen LogP contribution in [0.4, 0.5) is 0 Å². The first-order valence-corrected chi connectivity index (χ1v) is 1.90. The standard InChI is InChI=1S/Cd.ClHO4.6H2O/c;2-1(3,4)5;;;;;;/h;(H,2,3,4,5);6*1H2. The van der Waals surface area contributed by atoms with E-state index >= 15 is 0 Å². The summed E-state index contributed by atoms with van der Waals surface area (Å²) in [4.78, 5) is 0. The third-order valence-corrected chi connectivity index (χ3v) is 0. The maximum absolute atomic E-state index is 8.60. The Balaban J connectivity index is -0.00000000381. The molecule has 0 saturated carbocycles. The van der Waals surface area contributed by atoms with Crippen LogP contribution in [0.15, 0.2) is 0 Å². The molecule has 0 heterocycles. The van der Waals surface area contributed by atoms with Gasteiger partial charge in [-0.1, -0.05) is 0 Å². The Morgan fingerprint density at radius 3 is 0.667 bits per heavy atom. The summed E-state index contributed by atoms with van der Waals surface area (Å²) in [5.74, 6) is 0. The zero-order valence-corrected chi connectivity index (χ0v) is 10.5. The molecule has 0 aromatic carbocycles. The summed E-state index contributed by atoms with van der Waals surface area (Å²) in [5.41, 5.74) is 0. The smallest absolute Gasteiger partial charge is 0.0777 e. The van der Waals surface area contributed by atoms with Crippen LogP contribution >= 0.6 is 0 Å². The molecule has 12 heavy (non-hydrogen) atoms. The fourth-order valence-electron chi connectivity index (χ4n) is 0. The van der Waals surface area contributed by atoms with Gasteiger partial charge < -0.3 is 32.9 Å². The minimum atomic E-state index is -4.69. The van der Waals surface area contributed by atoms with Crippen LogP contribution < -0.4 is 14.0 Å². The molecule has 0 fully saturated rings. The summed E-state index contributed by atoms with van der Waals surface area (Å²) < 4.78 is 32.7. The second kappa shape index (κ2) is 29.8. The molecule has 0 unspecified atom stereocenters. The fourth-order valence-corrected chi connectivity index (χ4v) is 0. The number of hydrogen-bond donors (Lipinski definition) is 1. The molecule has 0 spiro atoms. The first kappa shape index (κ1) is 77.2. The van der Waals surface area contributed by atoms with Gasteiger partial charge in [0.25, 0.3) is 0 Å². The molecule has 0 aliphatic carbocycles. The van der Waals surface area contributed by atoms with Crippen molar-refractivity contribution in [1.29, 1.82) is 0 Å². The number of halogens is 1. The Labute approximate surface area is 89.2 Å². The van der Waals surface area contributed by atoms with E-state index in [0.717, 1.165) is 0 Å². The molecule has 13 N–H and O–H groups in total. The average Bonchev–Trinajstić information content (AvgIpc) is 0.722. The molecular weight excluding hydrogens is 308 g/mol. The Bertz CT molecular complexity index is 25.3. The van der Waals surface area contributed by atoms with Gasteiger partial charge in [0.1, 0.15) is 0 Å². The predicted octanol–water partition coefficient (Wildman–Crippen LogP) is -9.07. The van der Waals surface area contributed by atoms with Gasteiger partial charge in [-0.05, 0) is 0 Å². The second-order valence-corrected chi connectivity index (χ2v) is 1.19. The molecule has 0 bridgehead atoms. The van der Waals surface area contributed by atoms with Crippen LogP contribution in [0.1, 0.15) is 0 Å². The third kappa shape index (κ3) is 1580. The first-order valence-electron chi connectivity index (χ1n) is 0.632. The normalized spacial score (nSPS) is 5.00. The van der Waals surface area contributed by atoms with E-state index in [1.807, 2.05) is 0 Å². The van der Waals surface area contributed by atoms with Crippen molar-refractivity contribution in [2.45, 2.75) is 0 Å². The maximum atomic E-state index is 8.60. The van der Waals surface area contributed by atoms with E-state index in [-0.39, 0.29) is 60.2 Å². The van der Waals surface area contributed by atoms with Gasteiger partial charge in [0.05, 0.1) is 14.9 Å². The zero-order valence-electron chi connectivity index (χ0n) is 5.76. The molecule has 0 saturated heterocycles. The molecule has 0 aliphatic heterocycles. The Kier molecular flexibility index (Phi) is 191. The van der Waals surface area contributed by atoms with Crippen molar-refractivity contribution in [2.75, 3.05) is 0 Å². The summed E-state index contributed by atoms with van der Waals surface area (Å²) in [6, 6.07) is 0. The molecule has 0 amide bonds. The summed E-state index contributed by atoms with van der Waals surface area (Å²) in [6.07, 6.45) is 0. The molecule has 82 valence electrons. The molecule has 0 aliphatic rings. The largest absolute Gasteiger partial charge is 0.412 e.